The van der Waals surface area contributed by atoms with Gasteiger partial charge in [0.1, 0.15) is 0 Å². The predicted molar refractivity (Wildman–Crippen MR) is 61.6 cm³/mol. The van der Waals surface area contributed by atoms with Crippen molar-refractivity contribution < 1.29 is 4.43 Å². The van der Waals surface area contributed by atoms with E-state index >= 15 is 0 Å². The Kier molecular flexibility index (Phi) is 3.00. The van der Waals surface area contributed by atoms with E-state index in [-0.39, 0.29) is 0 Å². The first kappa shape index (κ1) is 10.6. The monoisotopic (exact) mass is 213 g/mol. The molecule has 0 saturated carbocycles. The Balaban J connectivity index is 2.05. The molecule has 0 aromatic rings. The van der Waals surface area contributed by atoms with Crippen LogP contribution in [0.1, 0.15) is 33.1 Å². The van der Waals surface area contributed by atoms with Crippen molar-refractivity contribution in [3.05, 3.63) is 0 Å². The van der Waals surface area contributed by atoms with Gasteiger partial charge in [0, 0.05) is 6.04 Å². The molecule has 0 N–H and O–H groups in total. The Hall–Kier alpha value is 0.137. The van der Waals surface area contributed by atoms with Crippen LogP contribution in [0, 0.1) is 5.92 Å². The molecule has 2 nitrogen and oxygen atoms in total. The SMILES string of the molecule is CC(C)C[Si]1(C)OCC2CCCCN21. The summed E-state index contributed by atoms with van der Waals surface area (Å²) in [6.45, 7) is 9.38. The summed E-state index contributed by atoms with van der Waals surface area (Å²) in [4.78, 5) is 0. The Morgan fingerprint density at radius 2 is 2.21 bits per heavy atom. The molecule has 2 atom stereocenters. The molecule has 0 spiro atoms. The molecular formula is C11H23NOSi. The van der Waals surface area contributed by atoms with Gasteiger partial charge in [0.25, 0.3) is 8.48 Å². The normalized spacial score (nSPS) is 39.0. The Morgan fingerprint density at radius 3 is 2.93 bits per heavy atom. The van der Waals surface area contributed by atoms with Gasteiger partial charge in [-0.2, -0.15) is 0 Å². The highest BCUT2D eigenvalue weighted by Gasteiger charge is 2.47. The molecule has 82 valence electrons. The van der Waals surface area contributed by atoms with Gasteiger partial charge in [-0.3, -0.25) is 4.57 Å². The van der Waals surface area contributed by atoms with E-state index < -0.39 is 8.48 Å². The highest BCUT2D eigenvalue weighted by Crippen LogP contribution is 2.34. The molecule has 0 amide bonds. The molecule has 0 bridgehead atoms. The van der Waals surface area contributed by atoms with Gasteiger partial charge in [0.15, 0.2) is 0 Å². The molecule has 0 aliphatic carbocycles. The Bertz CT molecular complexity index is 209. The van der Waals surface area contributed by atoms with Crippen molar-refractivity contribution in [2.24, 2.45) is 5.92 Å². The van der Waals surface area contributed by atoms with Crippen molar-refractivity contribution >= 4 is 8.48 Å². The summed E-state index contributed by atoms with van der Waals surface area (Å²) in [7, 11) is -1.48. The van der Waals surface area contributed by atoms with Gasteiger partial charge in [0.05, 0.1) is 6.61 Å². The maximum Gasteiger partial charge on any atom is 0.268 e. The Morgan fingerprint density at radius 1 is 1.43 bits per heavy atom. The topological polar surface area (TPSA) is 12.5 Å². The largest absolute Gasteiger partial charge is 0.401 e. The number of fused-ring (bicyclic) bond motifs is 1. The van der Waals surface area contributed by atoms with Crippen molar-refractivity contribution in [3.8, 4) is 0 Å². The van der Waals surface area contributed by atoms with E-state index in [2.05, 4.69) is 25.0 Å². The first-order chi connectivity index (χ1) is 6.62. The number of piperidine rings is 1. The van der Waals surface area contributed by atoms with Crippen molar-refractivity contribution in [2.45, 2.75) is 51.7 Å². The quantitative estimate of drug-likeness (QED) is 0.654. The van der Waals surface area contributed by atoms with Crippen LogP contribution in [0.5, 0.6) is 0 Å². The molecule has 2 heterocycles. The van der Waals surface area contributed by atoms with E-state index in [1.165, 1.54) is 31.9 Å². The average Bonchev–Trinajstić information content (AvgIpc) is 2.44. The van der Waals surface area contributed by atoms with Gasteiger partial charge in [-0.05, 0) is 37.9 Å². The molecule has 0 aromatic heterocycles. The molecule has 2 aliphatic rings. The maximum atomic E-state index is 6.16. The van der Waals surface area contributed by atoms with Crippen molar-refractivity contribution in [1.29, 1.82) is 0 Å². The van der Waals surface area contributed by atoms with Crippen LogP contribution in [0.4, 0.5) is 0 Å². The molecule has 2 fully saturated rings. The van der Waals surface area contributed by atoms with Crippen LogP contribution in [0.2, 0.25) is 12.6 Å². The van der Waals surface area contributed by atoms with Crippen LogP contribution < -0.4 is 0 Å². The first-order valence-electron chi connectivity index (χ1n) is 6.02. The fraction of sp³-hybridized carbons (Fsp3) is 1.00. The minimum absolute atomic E-state index is 0.777. The van der Waals surface area contributed by atoms with E-state index in [4.69, 9.17) is 4.43 Å². The van der Waals surface area contributed by atoms with Gasteiger partial charge in [-0.1, -0.05) is 20.3 Å². The van der Waals surface area contributed by atoms with E-state index in [0.29, 0.717) is 0 Å². The zero-order chi connectivity index (χ0) is 10.2. The van der Waals surface area contributed by atoms with Gasteiger partial charge >= 0.3 is 0 Å². The van der Waals surface area contributed by atoms with Gasteiger partial charge in [-0.15, -0.1) is 0 Å². The molecule has 0 radical (unpaired) electrons. The zero-order valence-corrected chi connectivity index (χ0v) is 10.8. The number of nitrogens with zero attached hydrogens (tertiary/aromatic N) is 1. The summed E-state index contributed by atoms with van der Waals surface area (Å²) in [6.07, 6.45) is 4.18. The molecule has 2 aliphatic heterocycles. The van der Waals surface area contributed by atoms with E-state index in [0.717, 1.165) is 18.6 Å². The molecule has 3 heteroatoms. The van der Waals surface area contributed by atoms with E-state index in [1.54, 1.807) is 0 Å². The van der Waals surface area contributed by atoms with Crippen molar-refractivity contribution in [1.82, 2.24) is 4.57 Å². The second kappa shape index (κ2) is 3.95. The van der Waals surface area contributed by atoms with Crippen LogP contribution >= 0.6 is 0 Å². The minimum atomic E-state index is -1.48. The van der Waals surface area contributed by atoms with E-state index in [9.17, 15) is 0 Å². The number of rotatable bonds is 2. The Labute approximate surface area is 88.8 Å². The fourth-order valence-electron chi connectivity index (χ4n) is 3.09. The number of hydrogen-bond acceptors (Lipinski definition) is 2. The third-order valence-corrected chi connectivity index (χ3v) is 7.77. The van der Waals surface area contributed by atoms with Crippen molar-refractivity contribution in [2.75, 3.05) is 13.2 Å². The molecule has 14 heavy (non-hydrogen) atoms. The lowest BCUT2D eigenvalue weighted by molar-refractivity contribution is 0.256. The van der Waals surface area contributed by atoms with Gasteiger partial charge < -0.3 is 4.43 Å². The highest BCUT2D eigenvalue weighted by molar-refractivity contribution is 6.70. The second-order valence-corrected chi connectivity index (χ2v) is 9.05. The van der Waals surface area contributed by atoms with Crippen LogP contribution in [-0.4, -0.2) is 32.2 Å². The maximum absolute atomic E-state index is 6.16. The van der Waals surface area contributed by atoms with Crippen LogP contribution in [0.25, 0.3) is 0 Å². The third-order valence-electron chi connectivity index (χ3n) is 3.61. The van der Waals surface area contributed by atoms with Crippen LogP contribution in [0.15, 0.2) is 0 Å². The fourth-order valence-corrected chi connectivity index (χ4v) is 7.28. The molecule has 2 rings (SSSR count). The predicted octanol–water partition coefficient (Wildman–Crippen LogP) is 2.60. The van der Waals surface area contributed by atoms with E-state index in [1.807, 2.05) is 0 Å². The summed E-state index contributed by atoms with van der Waals surface area (Å²) >= 11 is 0. The summed E-state index contributed by atoms with van der Waals surface area (Å²) in [5.74, 6) is 0.785. The molecular weight excluding hydrogens is 190 g/mol. The lowest BCUT2D eigenvalue weighted by Gasteiger charge is -2.38. The van der Waals surface area contributed by atoms with Gasteiger partial charge in [0.2, 0.25) is 0 Å². The molecule has 2 saturated heterocycles. The first-order valence-corrected chi connectivity index (χ1v) is 8.59. The minimum Gasteiger partial charge on any atom is -0.401 e. The lowest BCUT2D eigenvalue weighted by atomic mass is 10.1. The summed E-state index contributed by atoms with van der Waals surface area (Å²) in [5.41, 5.74) is 0. The molecule has 2 unspecified atom stereocenters. The van der Waals surface area contributed by atoms with Crippen LogP contribution in [0.3, 0.4) is 0 Å². The summed E-state index contributed by atoms with van der Waals surface area (Å²) in [6, 6.07) is 2.09. The summed E-state index contributed by atoms with van der Waals surface area (Å²) in [5, 5.41) is 0. The molecule has 0 aromatic carbocycles. The highest BCUT2D eigenvalue weighted by atomic mass is 28.4. The third kappa shape index (κ3) is 1.90. The standard InChI is InChI=1S/C11H23NOSi/c1-10(2)9-14(3)12-7-5-4-6-11(12)8-13-14/h10-11H,4-9H2,1-3H3. The number of hydrogen-bond donors (Lipinski definition) is 0. The van der Waals surface area contributed by atoms with Gasteiger partial charge in [-0.25, -0.2) is 0 Å². The summed E-state index contributed by atoms with van der Waals surface area (Å²) < 4.78 is 8.91. The average molecular weight is 213 g/mol. The van der Waals surface area contributed by atoms with Crippen molar-refractivity contribution in [3.63, 3.8) is 0 Å². The van der Waals surface area contributed by atoms with Crippen LogP contribution in [-0.2, 0) is 4.43 Å². The lowest BCUT2D eigenvalue weighted by Crippen LogP contribution is -2.53. The smallest absolute Gasteiger partial charge is 0.268 e. The second-order valence-electron chi connectivity index (χ2n) is 5.43. The zero-order valence-electron chi connectivity index (χ0n) is 9.75.